The fourth-order valence-electron chi connectivity index (χ4n) is 4.45. The summed E-state index contributed by atoms with van der Waals surface area (Å²) in [5.41, 5.74) is 3.28. The lowest BCUT2D eigenvalue weighted by Crippen LogP contribution is -2.40. The number of phenols is 1. The van der Waals surface area contributed by atoms with E-state index < -0.39 is 10.7 Å². The summed E-state index contributed by atoms with van der Waals surface area (Å²) in [6.45, 7) is 1.35. The smallest absolute Gasteiger partial charge is 0.319 e. The van der Waals surface area contributed by atoms with E-state index in [1.165, 1.54) is 7.11 Å². The zero-order valence-electron chi connectivity index (χ0n) is 16.0. The number of methoxy groups -OCH3 is 3. The van der Waals surface area contributed by atoms with Gasteiger partial charge in [-0.3, -0.25) is 15.0 Å². The molecule has 8 heteroatoms. The second-order valence-corrected chi connectivity index (χ2v) is 6.99. The largest absolute Gasteiger partial charge is 0.500 e. The molecule has 28 heavy (non-hydrogen) atoms. The number of nitro benzene ring substituents is 1. The molecule has 0 bridgehead atoms. The maximum Gasteiger partial charge on any atom is 0.319 e. The molecule has 0 radical (unpaired) electrons. The molecular weight excluding hydrogens is 364 g/mol. The molecule has 4 rings (SSSR count). The Morgan fingerprint density at radius 3 is 2.54 bits per heavy atom. The van der Waals surface area contributed by atoms with Gasteiger partial charge in [-0.25, -0.2) is 0 Å². The molecule has 0 saturated heterocycles. The van der Waals surface area contributed by atoms with Gasteiger partial charge in [0.25, 0.3) is 0 Å². The summed E-state index contributed by atoms with van der Waals surface area (Å²) in [7, 11) is 4.62. The number of nitro groups is 1. The van der Waals surface area contributed by atoms with E-state index in [-0.39, 0.29) is 17.5 Å². The molecule has 2 aromatic rings. The molecule has 0 saturated carbocycles. The lowest BCUT2D eigenvalue weighted by Gasteiger charge is -2.41. The van der Waals surface area contributed by atoms with Crippen LogP contribution in [0, 0.1) is 10.1 Å². The van der Waals surface area contributed by atoms with Gasteiger partial charge in [-0.1, -0.05) is 6.07 Å². The summed E-state index contributed by atoms with van der Waals surface area (Å²) >= 11 is 0. The van der Waals surface area contributed by atoms with Gasteiger partial charge < -0.3 is 19.3 Å². The Labute approximate surface area is 162 Å². The van der Waals surface area contributed by atoms with Crippen molar-refractivity contribution in [1.82, 2.24) is 4.90 Å². The van der Waals surface area contributed by atoms with Crippen molar-refractivity contribution >= 4 is 5.69 Å². The van der Waals surface area contributed by atoms with Gasteiger partial charge in [-0.15, -0.1) is 0 Å². The van der Waals surface area contributed by atoms with Crippen LogP contribution in [0.4, 0.5) is 5.69 Å². The molecule has 0 spiro atoms. The lowest BCUT2D eigenvalue weighted by atomic mass is 9.82. The number of rotatable bonds is 4. The highest BCUT2D eigenvalue weighted by atomic mass is 16.6. The minimum atomic E-state index is -0.510. The molecule has 1 atom stereocenters. The number of nitrogens with zero attached hydrogens (tertiary/aromatic N) is 2. The van der Waals surface area contributed by atoms with Crippen molar-refractivity contribution in [2.75, 3.05) is 27.9 Å². The quantitative estimate of drug-likeness (QED) is 0.638. The van der Waals surface area contributed by atoms with Crippen LogP contribution >= 0.6 is 0 Å². The van der Waals surface area contributed by atoms with Gasteiger partial charge in [0.15, 0.2) is 17.2 Å². The van der Waals surface area contributed by atoms with E-state index >= 15 is 0 Å². The molecule has 2 heterocycles. The number of hydrogen-bond acceptors (Lipinski definition) is 7. The van der Waals surface area contributed by atoms with Crippen LogP contribution in [0.3, 0.4) is 0 Å². The van der Waals surface area contributed by atoms with Gasteiger partial charge in [0.05, 0.1) is 31.8 Å². The van der Waals surface area contributed by atoms with Crippen molar-refractivity contribution in [3.8, 4) is 23.0 Å². The first kappa shape index (κ1) is 18.4. The Morgan fingerprint density at radius 2 is 1.89 bits per heavy atom. The molecular formula is C20H22N2O6. The Bertz CT molecular complexity index is 958. The summed E-state index contributed by atoms with van der Waals surface area (Å²) in [6.07, 6.45) is 1.24. The van der Waals surface area contributed by atoms with Crippen molar-refractivity contribution in [2.24, 2.45) is 0 Å². The first-order chi connectivity index (χ1) is 13.5. The van der Waals surface area contributed by atoms with Crippen LogP contribution in [0.1, 0.15) is 28.3 Å². The first-order valence-corrected chi connectivity index (χ1v) is 9.04. The summed E-state index contributed by atoms with van der Waals surface area (Å²) in [5, 5.41) is 22.2. The van der Waals surface area contributed by atoms with Crippen molar-refractivity contribution in [1.29, 1.82) is 0 Å². The number of aromatic hydroxyl groups is 1. The van der Waals surface area contributed by atoms with E-state index in [9.17, 15) is 15.2 Å². The first-order valence-electron chi connectivity index (χ1n) is 9.04. The summed E-state index contributed by atoms with van der Waals surface area (Å²) in [4.78, 5) is 13.5. The van der Waals surface area contributed by atoms with Crippen LogP contribution < -0.4 is 14.2 Å². The molecule has 2 aliphatic heterocycles. The molecule has 0 unspecified atom stereocenters. The average Bonchev–Trinajstić information content (AvgIpc) is 2.70. The van der Waals surface area contributed by atoms with E-state index in [4.69, 9.17) is 14.2 Å². The van der Waals surface area contributed by atoms with E-state index in [1.54, 1.807) is 20.3 Å². The molecule has 0 aliphatic carbocycles. The van der Waals surface area contributed by atoms with E-state index in [0.717, 1.165) is 23.2 Å². The lowest BCUT2D eigenvalue weighted by molar-refractivity contribution is -0.387. The van der Waals surface area contributed by atoms with Crippen molar-refractivity contribution in [3.05, 3.63) is 50.6 Å². The fourth-order valence-corrected chi connectivity index (χ4v) is 4.45. The fraction of sp³-hybridized carbons (Fsp3) is 0.400. The highest BCUT2D eigenvalue weighted by Gasteiger charge is 2.40. The summed E-state index contributed by atoms with van der Waals surface area (Å²) in [5.74, 6) is 1.11. The van der Waals surface area contributed by atoms with Crippen LogP contribution in [0.15, 0.2) is 18.2 Å². The molecule has 0 amide bonds. The molecule has 148 valence electrons. The van der Waals surface area contributed by atoms with Crippen LogP contribution in [0.25, 0.3) is 0 Å². The summed E-state index contributed by atoms with van der Waals surface area (Å²) < 4.78 is 16.1. The van der Waals surface area contributed by atoms with E-state index in [0.29, 0.717) is 36.4 Å². The Morgan fingerprint density at radius 1 is 1.14 bits per heavy atom. The standard InChI is InChI=1S/C20H22N2O6/c1-26-15-5-4-11-8-14-17-12(6-7-21(14)10-13(11)20(15)28-3)9-16(27-2)19(23)18(17)22(24)25/h4-5,9,14,23H,6-8,10H2,1-3H3/t14-/m0/s1. The van der Waals surface area contributed by atoms with Gasteiger partial charge in [0.1, 0.15) is 0 Å². The van der Waals surface area contributed by atoms with Crippen molar-refractivity contribution in [2.45, 2.75) is 25.4 Å². The minimum Gasteiger partial charge on any atom is -0.500 e. The number of fused-ring (bicyclic) bond motifs is 4. The van der Waals surface area contributed by atoms with Crippen LogP contribution in [-0.4, -0.2) is 42.8 Å². The molecule has 0 fully saturated rings. The zero-order chi connectivity index (χ0) is 20.0. The van der Waals surface area contributed by atoms with E-state index in [1.807, 2.05) is 12.1 Å². The monoisotopic (exact) mass is 386 g/mol. The SMILES string of the molecule is COc1cc2c(c([N+](=O)[O-])c1O)[C@@H]1Cc3ccc(OC)c(OC)c3CN1CC2. The van der Waals surface area contributed by atoms with Crippen LogP contribution in [0.5, 0.6) is 23.0 Å². The van der Waals surface area contributed by atoms with Gasteiger partial charge >= 0.3 is 5.69 Å². The second kappa shape index (κ2) is 6.87. The highest BCUT2D eigenvalue weighted by Crippen LogP contribution is 2.50. The molecule has 1 N–H and O–H groups in total. The molecule has 2 aliphatic rings. The van der Waals surface area contributed by atoms with Gasteiger partial charge in [-0.2, -0.15) is 0 Å². The van der Waals surface area contributed by atoms with E-state index in [2.05, 4.69) is 4.90 Å². The molecule has 0 aromatic heterocycles. The Hall–Kier alpha value is -3.00. The summed E-state index contributed by atoms with van der Waals surface area (Å²) in [6, 6.07) is 5.37. The maximum absolute atomic E-state index is 11.8. The third-order valence-electron chi connectivity index (χ3n) is 5.73. The average molecular weight is 386 g/mol. The van der Waals surface area contributed by atoms with Gasteiger partial charge in [0.2, 0.25) is 5.75 Å². The minimum absolute atomic E-state index is 0.140. The zero-order valence-corrected chi connectivity index (χ0v) is 16.0. The van der Waals surface area contributed by atoms with Crippen molar-refractivity contribution < 1.29 is 24.2 Å². The predicted octanol–water partition coefficient (Wildman–Crippen LogP) is 2.98. The number of benzene rings is 2. The second-order valence-electron chi connectivity index (χ2n) is 6.99. The third-order valence-corrected chi connectivity index (χ3v) is 5.73. The predicted molar refractivity (Wildman–Crippen MR) is 101 cm³/mol. The normalized spacial score (nSPS) is 17.9. The number of ether oxygens (including phenoxy) is 3. The third kappa shape index (κ3) is 2.63. The maximum atomic E-state index is 11.8. The van der Waals surface area contributed by atoms with Crippen LogP contribution in [-0.2, 0) is 19.4 Å². The van der Waals surface area contributed by atoms with Crippen LogP contribution in [0.2, 0.25) is 0 Å². The Kier molecular flexibility index (Phi) is 4.50. The van der Waals surface area contributed by atoms with Gasteiger partial charge in [-0.05, 0) is 36.1 Å². The number of hydrogen-bond donors (Lipinski definition) is 1. The molecule has 8 nitrogen and oxygen atoms in total. The van der Waals surface area contributed by atoms with Crippen molar-refractivity contribution in [3.63, 3.8) is 0 Å². The van der Waals surface area contributed by atoms with Gasteiger partial charge in [0, 0.05) is 24.7 Å². The molecule has 2 aromatic carbocycles. The highest BCUT2D eigenvalue weighted by molar-refractivity contribution is 5.65. The number of phenolic OH excluding ortho intramolecular Hbond substituents is 1. The Balaban J connectivity index is 1.86. The topological polar surface area (TPSA) is 94.3 Å².